The van der Waals surface area contributed by atoms with E-state index >= 15 is 0 Å². The number of rotatable bonds is 8. The predicted octanol–water partition coefficient (Wildman–Crippen LogP) is 6.58. The molecule has 3 rings (SSSR count). The Hall–Kier alpha value is -3.08. The SMILES string of the molecule is COc1cc(/C=C(/C#N)C(=O)N[C@H](C)c2ccccc2)c(Br)cc1OCc1ccc(Br)cc1. The molecule has 0 saturated carbocycles. The Morgan fingerprint density at radius 1 is 1.09 bits per heavy atom. The molecular formula is C26H22Br2N2O3. The number of methoxy groups -OCH3 is 1. The molecule has 0 bridgehead atoms. The summed E-state index contributed by atoms with van der Waals surface area (Å²) in [6, 6.07) is 22.7. The monoisotopic (exact) mass is 568 g/mol. The van der Waals surface area contributed by atoms with Gasteiger partial charge in [-0.3, -0.25) is 4.79 Å². The van der Waals surface area contributed by atoms with E-state index < -0.39 is 5.91 Å². The number of nitriles is 1. The molecular weight excluding hydrogens is 548 g/mol. The van der Waals surface area contributed by atoms with Crippen LogP contribution in [-0.4, -0.2) is 13.0 Å². The van der Waals surface area contributed by atoms with E-state index in [-0.39, 0.29) is 11.6 Å². The third-order valence-corrected chi connectivity index (χ3v) is 6.12. The van der Waals surface area contributed by atoms with Crippen LogP contribution < -0.4 is 14.8 Å². The van der Waals surface area contributed by atoms with E-state index in [2.05, 4.69) is 37.2 Å². The molecule has 1 atom stereocenters. The molecule has 0 fully saturated rings. The van der Waals surface area contributed by atoms with Crippen molar-refractivity contribution in [1.82, 2.24) is 5.32 Å². The Morgan fingerprint density at radius 3 is 2.42 bits per heavy atom. The lowest BCUT2D eigenvalue weighted by Crippen LogP contribution is -2.27. The van der Waals surface area contributed by atoms with E-state index in [0.717, 1.165) is 15.6 Å². The second-order valence-corrected chi connectivity index (χ2v) is 8.99. The number of halogens is 2. The molecule has 0 aromatic heterocycles. The normalized spacial score (nSPS) is 11.9. The zero-order valence-corrected chi connectivity index (χ0v) is 21.3. The van der Waals surface area contributed by atoms with Gasteiger partial charge in [0.05, 0.1) is 13.2 Å². The van der Waals surface area contributed by atoms with Crippen molar-refractivity contribution in [3.8, 4) is 17.6 Å². The van der Waals surface area contributed by atoms with Crippen molar-refractivity contribution in [3.05, 3.63) is 97.9 Å². The van der Waals surface area contributed by atoms with Gasteiger partial charge >= 0.3 is 0 Å². The van der Waals surface area contributed by atoms with Crippen molar-refractivity contribution < 1.29 is 14.3 Å². The molecule has 0 radical (unpaired) electrons. The summed E-state index contributed by atoms with van der Waals surface area (Å²) in [5, 5.41) is 12.5. The lowest BCUT2D eigenvalue weighted by atomic mass is 10.1. The number of hydrogen-bond acceptors (Lipinski definition) is 4. The van der Waals surface area contributed by atoms with Crippen molar-refractivity contribution in [2.45, 2.75) is 19.6 Å². The summed E-state index contributed by atoms with van der Waals surface area (Å²) in [5.74, 6) is 0.595. The zero-order valence-electron chi connectivity index (χ0n) is 18.1. The minimum atomic E-state index is -0.449. The molecule has 168 valence electrons. The van der Waals surface area contributed by atoms with Crippen LogP contribution in [0, 0.1) is 11.3 Å². The zero-order chi connectivity index (χ0) is 23.8. The molecule has 3 aromatic carbocycles. The first kappa shape index (κ1) is 24.6. The van der Waals surface area contributed by atoms with Gasteiger partial charge in [0.15, 0.2) is 11.5 Å². The molecule has 3 aromatic rings. The van der Waals surface area contributed by atoms with Gasteiger partial charge in [0.25, 0.3) is 5.91 Å². The predicted molar refractivity (Wildman–Crippen MR) is 136 cm³/mol. The summed E-state index contributed by atoms with van der Waals surface area (Å²) >= 11 is 6.93. The quantitative estimate of drug-likeness (QED) is 0.245. The first-order chi connectivity index (χ1) is 15.9. The molecule has 7 heteroatoms. The largest absolute Gasteiger partial charge is 0.493 e. The van der Waals surface area contributed by atoms with Gasteiger partial charge in [-0.2, -0.15) is 5.26 Å². The first-order valence-corrected chi connectivity index (χ1v) is 11.7. The Kier molecular flexibility index (Phi) is 8.70. The lowest BCUT2D eigenvalue weighted by Gasteiger charge is -2.15. The van der Waals surface area contributed by atoms with Crippen molar-refractivity contribution in [2.24, 2.45) is 0 Å². The highest BCUT2D eigenvalue weighted by Crippen LogP contribution is 2.35. The number of benzene rings is 3. The Labute approximate surface area is 210 Å². The third-order valence-electron chi connectivity index (χ3n) is 4.90. The number of nitrogens with one attached hydrogen (secondary N) is 1. The second kappa shape index (κ2) is 11.7. The van der Waals surface area contributed by atoms with E-state index in [1.54, 1.807) is 19.2 Å². The Balaban J connectivity index is 1.78. The molecule has 1 N–H and O–H groups in total. The topological polar surface area (TPSA) is 71.3 Å². The molecule has 0 saturated heterocycles. The third kappa shape index (κ3) is 6.70. The fourth-order valence-corrected chi connectivity index (χ4v) is 3.78. The average molecular weight is 570 g/mol. The Bertz CT molecular complexity index is 1190. The molecule has 0 unspecified atom stereocenters. The smallest absolute Gasteiger partial charge is 0.262 e. The van der Waals surface area contributed by atoms with Crippen molar-refractivity contribution >= 4 is 43.8 Å². The molecule has 0 aliphatic heterocycles. The highest BCUT2D eigenvalue weighted by Gasteiger charge is 2.16. The highest BCUT2D eigenvalue weighted by molar-refractivity contribution is 9.10. The average Bonchev–Trinajstić information content (AvgIpc) is 2.83. The van der Waals surface area contributed by atoms with Gasteiger partial charge in [-0.05, 0) is 54.0 Å². The summed E-state index contributed by atoms with van der Waals surface area (Å²) in [5.41, 5.74) is 2.58. The van der Waals surface area contributed by atoms with Crippen LogP contribution in [0.1, 0.15) is 29.7 Å². The number of amides is 1. The number of hydrogen-bond donors (Lipinski definition) is 1. The van der Waals surface area contributed by atoms with Gasteiger partial charge in [-0.15, -0.1) is 0 Å². The lowest BCUT2D eigenvalue weighted by molar-refractivity contribution is -0.117. The summed E-state index contributed by atoms with van der Waals surface area (Å²) < 4.78 is 13.1. The molecule has 0 heterocycles. The number of nitrogens with zero attached hydrogens (tertiary/aromatic N) is 1. The van der Waals surface area contributed by atoms with Crippen LogP contribution in [0.5, 0.6) is 11.5 Å². The van der Waals surface area contributed by atoms with Gasteiger partial charge < -0.3 is 14.8 Å². The molecule has 0 spiro atoms. The maximum atomic E-state index is 12.7. The summed E-state index contributed by atoms with van der Waals surface area (Å²) in [6.45, 7) is 2.24. The second-order valence-electron chi connectivity index (χ2n) is 7.22. The molecule has 5 nitrogen and oxygen atoms in total. The van der Waals surface area contributed by atoms with Gasteiger partial charge in [-0.25, -0.2) is 0 Å². The van der Waals surface area contributed by atoms with Gasteiger partial charge in [0.2, 0.25) is 0 Å². The number of carbonyl (C=O) groups excluding carboxylic acids is 1. The van der Waals surface area contributed by atoms with Crippen molar-refractivity contribution in [3.63, 3.8) is 0 Å². The van der Waals surface area contributed by atoms with Crippen LogP contribution >= 0.6 is 31.9 Å². The fourth-order valence-electron chi connectivity index (χ4n) is 3.08. The van der Waals surface area contributed by atoms with Gasteiger partial charge in [-0.1, -0.05) is 74.3 Å². The summed E-state index contributed by atoms with van der Waals surface area (Å²) in [7, 11) is 1.54. The number of ether oxygens (including phenoxy) is 2. The molecule has 0 aliphatic rings. The Morgan fingerprint density at radius 2 is 1.79 bits per heavy atom. The molecule has 33 heavy (non-hydrogen) atoms. The fraction of sp³-hybridized carbons (Fsp3) is 0.154. The van der Waals surface area contributed by atoms with Gasteiger partial charge in [0.1, 0.15) is 18.2 Å². The van der Waals surface area contributed by atoms with E-state index in [4.69, 9.17) is 9.47 Å². The highest BCUT2D eigenvalue weighted by atomic mass is 79.9. The number of carbonyl (C=O) groups is 1. The minimum Gasteiger partial charge on any atom is -0.493 e. The summed E-state index contributed by atoms with van der Waals surface area (Å²) in [6.07, 6.45) is 1.53. The molecule has 0 aliphatic carbocycles. The summed E-state index contributed by atoms with van der Waals surface area (Å²) in [4.78, 5) is 12.7. The van der Waals surface area contributed by atoms with Crippen LogP contribution in [-0.2, 0) is 11.4 Å². The van der Waals surface area contributed by atoms with Crippen LogP contribution in [0.3, 0.4) is 0 Å². The maximum Gasteiger partial charge on any atom is 0.262 e. The van der Waals surface area contributed by atoms with Gasteiger partial charge in [0, 0.05) is 8.95 Å². The maximum absolute atomic E-state index is 12.7. The standard InChI is InChI=1S/C26H22Br2N2O3/c1-17(19-6-4-3-5-7-19)30-26(31)21(15-29)12-20-13-24(32-2)25(14-23(20)28)33-16-18-8-10-22(27)11-9-18/h3-14,17H,16H2,1-2H3,(H,30,31)/b21-12-/t17-/m1/s1. The van der Waals surface area contributed by atoms with Crippen molar-refractivity contribution in [1.29, 1.82) is 5.26 Å². The van der Waals surface area contributed by atoms with E-state index in [9.17, 15) is 10.1 Å². The van der Waals surface area contributed by atoms with E-state index in [1.807, 2.05) is 67.6 Å². The van der Waals surface area contributed by atoms with E-state index in [0.29, 0.717) is 28.1 Å². The van der Waals surface area contributed by atoms with Crippen LogP contribution in [0.2, 0.25) is 0 Å². The van der Waals surface area contributed by atoms with E-state index in [1.165, 1.54) is 6.08 Å². The molecule has 1 amide bonds. The van der Waals surface area contributed by atoms with Crippen LogP contribution in [0.25, 0.3) is 6.08 Å². The van der Waals surface area contributed by atoms with Crippen LogP contribution in [0.4, 0.5) is 0 Å². The first-order valence-electron chi connectivity index (χ1n) is 10.1. The minimum absolute atomic E-state index is 0.0101. The van der Waals surface area contributed by atoms with Crippen molar-refractivity contribution in [2.75, 3.05) is 7.11 Å². The van der Waals surface area contributed by atoms with Crippen LogP contribution in [0.15, 0.2) is 81.2 Å².